The molecule has 0 spiro atoms. The molecule has 5 heteroatoms. The Labute approximate surface area is 53.9 Å². The summed E-state index contributed by atoms with van der Waals surface area (Å²) in [7, 11) is -2.13. The first-order valence-corrected chi connectivity index (χ1v) is 4.12. The highest BCUT2D eigenvalue weighted by Crippen LogP contribution is 2.11. The molecule has 1 aliphatic rings. The van der Waals surface area contributed by atoms with Gasteiger partial charge in [-0.1, -0.05) is 0 Å². The summed E-state index contributed by atoms with van der Waals surface area (Å²) in [5.41, 5.74) is 0. The van der Waals surface area contributed by atoms with E-state index in [4.69, 9.17) is 0 Å². The molecule has 1 fully saturated rings. The lowest BCUT2D eigenvalue weighted by Gasteiger charge is -1.94. The van der Waals surface area contributed by atoms with Gasteiger partial charge in [0.1, 0.15) is 5.75 Å². The lowest BCUT2D eigenvalue weighted by Crippen LogP contribution is -2.12. The van der Waals surface area contributed by atoms with Crippen molar-refractivity contribution in [2.45, 2.75) is 6.10 Å². The summed E-state index contributed by atoms with van der Waals surface area (Å²) in [6.07, 6.45) is -0.116. The molecule has 0 bridgehead atoms. The van der Waals surface area contributed by atoms with Crippen molar-refractivity contribution in [3.8, 4) is 0 Å². The average molecular weight is 152 g/mol. The van der Waals surface area contributed by atoms with Crippen LogP contribution in [-0.2, 0) is 19.0 Å². The average Bonchev–Trinajstić information content (AvgIpc) is 2.50. The fraction of sp³-hybridized carbons (Fsp3) is 1.00. The van der Waals surface area contributed by atoms with Crippen LogP contribution in [0.5, 0.6) is 0 Å². The maximum Gasteiger partial charge on any atom is 0.269 e. The molecule has 0 N–H and O–H groups in total. The second-order valence-electron chi connectivity index (χ2n) is 1.85. The Hall–Kier alpha value is -0.130. The normalized spacial score (nSPS) is 26.1. The number of rotatable bonds is 3. The van der Waals surface area contributed by atoms with Gasteiger partial charge in [0.2, 0.25) is 0 Å². The van der Waals surface area contributed by atoms with Crippen molar-refractivity contribution in [3.05, 3.63) is 0 Å². The molecule has 0 aromatic heterocycles. The fourth-order valence-corrected chi connectivity index (χ4v) is 1.24. The van der Waals surface area contributed by atoms with Crippen molar-refractivity contribution < 1.29 is 17.3 Å². The molecule has 4 nitrogen and oxygen atoms in total. The number of ether oxygens (including phenoxy) is 1. The van der Waals surface area contributed by atoms with Gasteiger partial charge in [-0.15, -0.1) is 0 Å². The van der Waals surface area contributed by atoms with Crippen LogP contribution in [0.4, 0.5) is 0 Å². The van der Waals surface area contributed by atoms with Crippen molar-refractivity contribution in [3.63, 3.8) is 0 Å². The maximum absolute atomic E-state index is 10.5. The van der Waals surface area contributed by atoms with Crippen LogP contribution < -0.4 is 0 Å². The van der Waals surface area contributed by atoms with E-state index in [0.717, 1.165) is 7.11 Å². The molecule has 1 heterocycles. The van der Waals surface area contributed by atoms with Crippen LogP contribution >= 0.6 is 0 Å². The summed E-state index contributed by atoms with van der Waals surface area (Å²) in [5, 5.41) is 0. The summed E-state index contributed by atoms with van der Waals surface area (Å²) in [6, 6.07) is 0. The van der Waals surface area contributed by atoms with Crippen LogP contribution in [0.3, 0.4) is 0 Å². The van der Waals surface area contributed by atoms with Crippen molar-refractivity contribution >= 4 is 10.1 Å². The predicted molar refractivity (Wildman–Crippen MR) is 30.5 cm³/mol. The van der Waals surface area contributed by atoms with E-state index < -0.39 is 10.1 Å². The standard InChI is InChI=1S/C4H8O4S/c1-7-9(5,6)3-4-2-8-4/h4H,2-3H2,1H3. The van der Waals surface area contributed by atoms with Crippen LogP contribution in [0.15, 0.2) is 0 Å². The van der Waals surface area contributed by atoms with E-state index >= 15 is 0 Å². The minimum atomic E-state index is -3.28. The van der Waals surface area contributed by atoms with E-state index in [-0.39, 0.29) is 11.9 Å². The molecule has 0 amide bonds. The number of hydrogen-bond acceptors (Lipinski definition) is 4. The smallest absolute Gasteiger partial charge is 0.269 e. The zero-order valence-electron chi connectivity index (χ0n) is 5.03. The Morgan fingerprint density at radius 3 is 2.67 bits per heavy atom. The summed E-state index contributed by atoms with van der Waals surface area (Å²) in [5.74, 6) is -0.0104. The molecule has 0 saturated carbocycles. The molecule has 1 unspecified atom stereocenters. The van der Waals surface area contributed by atoms with E-state index in [1.165, 1.54) is 0 Å². The molecule has 1 rings (SSSR count). The van der Waals surface area contributed by atoms with Crippen molar-refractivity contribution in [2.75, 3.05) is 19.5 Å². The van der Waals surface area contributed by atoms with Crippen molar-refractivity contribution in [1.29, 1.82) is 0 Å². The molecule has 0 radical (unpaired) electrons. The molecular formula is C4H8O4S. The quantitative estimate of drug-likeness (QED) is 0.399. The largest absolute Gasteiger partial charge is 0.372 e. The number of hydrogen-bond donors (Lipinski definition) is 0. The fourth-order valence-electron chi connectivity index (χ4n) is 0.460. The van der Waals surface area contributed by atoms with Gasteiger partial charge in [-0.2, -0.15) is 8.42 Å². The first-order valence-electron chi connectivity index (χ1n) is 2.54. The second kappa shape index (κ2) is 2.24. The summed E-state index contributed by atoms with van der Waals surface area (Å²) in [4.78, 5) is 0. The Morgan fingerprint density at radius 2 is 2.33 bits per heavy atom. The third-order valence-electron chi connectivity index (χ3n) is 1.05. The maximum atomic E-state index is 10.5. The van der Waals surface area contributed by atoms with Gasteiger partial charge >= 0.3 is 0 Å². The molecule has 0 aromatic rings. The zero-order chi connectivity index (χ0) is 6.91. The second-order valence-corrected chi connectivity index (χ2v) is 3.63. The van der Waals surface area contributed by atoms with Gasteiger partial charge in [-0.05, 0) is 0 Å². The van der Waals surface area contributed by atoms with Crippen LogP contribution in [-0.4, -0.2) is 34.0 Å². The van der Waals surface area contributed by atoms with E-state index in [9.17, 15) is 8.42 Å². The van der Waals surface area contributed by atoms with Gasteiger partial charge in [0, 0.05) is 0 Å². The van der Waals surface area contributed by atoms with Crippen LogP contribution in [0.2, 0.25) is 0 Å². The van der Waals surface area contributed by atoms with Crippen LogP contribution in [0.25, 0.3) is 0 Å². The summed E-state index contributed by atoms with van der Waals surface area (Å²) in [6.45, 7) is 0.544. The first kappa shape index (κ1) is 6.98. The summed E-state index contributed by atoms with van der Waals surface area (Å²) < 4.78 is 30.0. The van der Waals surface area contributed by atoms with E-state index in [2.05, 4.69) is 8.92 Å². The first-order chi connectivity index (χ1) is 4.14. The highest BCUT2D eigenvalue weighted by Gasteiger charge is 2.29. The lowest BCUT2D eigenvalue weighted by atomic mass is 10.6. The molecule has 1 aliphatic heterocycles. The summed E-state index contributed by atoms with van der Waals surface area (Å²) >= 11 is 0. The van der Waals surface area contributed by atoms with Gasteiger partial charge in [-0.3, -0.25) is 4.18 Å². The van der Waals surface area contributed by atoms with Gasteiger partial charge in [-0.25, -0.2) is 0 Å². The molecule has 54 valence electrons. The molecule has 1 saturated heterocycles. The third-order valence-corrected chi connectivity index (χ3v) is 2.33. The van der Waals surface area contributed by atoms with Crippen molar-refractivity contribution in [2.24, 2.45) is 0 Å². The van der Waals surface area contributed by atoms with Gasteiger partial charge in [0.25, 0.3) is 10.1 Å². The highest BCUT2D eigenvalue weighted by molar-refractivity contribution is 7.86. The monoisotopic (exact) mass is 152 g/mol. The van der Waals surface area contributed by atoms with E-state index in [1.807, 2.05) is 0 Å². The highest BCUT2D eigenvalue weighted by atomic mass is 32.2. The van der Waals surface area contributed by atoms with Gasteiger partial charge in [0.15, 0.2) is 0 Å². The topological polar surface area (TPSA) is 55.9 Å². The molecule has 1 atom stereocenters. The minimum absolute atomic E-state index is 0.0104. The molecular weight excluding hydrogens is 144 g/mol. The van der Waals surface area contributed by atoms with Gasteiger partial charge in [0.05, 0.1) is 19.8 Å². The third kappa shape index (κ3) is 2.30. The van der Waals surface area contributed by atoms with Crippen LogP contribution in [0, 0.1) is 0 Å². The van der Waals surface area contributed by atoms with Crippen LogP contribution in [0.1, 0.15) is 0 Å². The number of epoxide rings is 1. The van der Waals surface area contributed by atoms with Gasteiger partial charge < -0.3 is 4.74 Å². The molecule has 0 aliphatic carbocycles. The molecule has 9 heavy (non-hydrogen) atoms. The Kier molecular flexibility index (Phi) is 1.74. The lowest BCUT2D eigenvalue weighted by molar-refractivity contribution is 0.381. The van der Waals surface area contributed by atoms with Crippen molar-refractivity contribution in [1.82, 2.24) is 0 Å². The minimum Gasteiger partial charge on any atom is -0.372 e. The van der Waals surface area contributed by atoms with E-state index in [0.29, 0.717) is 6.61 Å². The Bertz CT molecular complexity index is 179. The van der Waals surface area contributed by atoms with E-state index in [1.54, 1.807) is 0 Å². The predicted octanol–water partition coefficient (Wildman–Crippen LogP) is -0.639. The Balaban J connectivity index is 2.40. The SMILES string of the molecule is COS(=O)(=O)CC1CO1. The zero-order valence-corrected chi connectivity index (χ0v) is 5.85. The Morgan fingerprint density at radius 1 is 1.78 bits per heavy atom. The molecule has 0 aromatic carbocycles.